The van der Waals surface area contributed by atoms with E-state index in [-0.39, 0.29) is 5.91 Å². The average Bonchev–Trinajstić information content (AvgIpc) is 2.70. The van der Waals surface area contributed by atoms with Crippen molar-refractivity contribution in [3.05, 3.63) is 94.0 Å². The van der Waals surface area contributed by atoms with E-state index in [2.05, 4.69) is 39.4 Å². The van der Waals surface area contributed by atoms with Crippen LogP contribution in [-0.4, -0.2) is 12.5 Å². The molecule has 0 spiro atoms. The third-order valence-corrected chi connectivity index (χ3v) is 4.60. The Bertz CT molecular complexity index is 981. The Morgan fingerprint density at radius 2 is 1.78 bits per heavy atom. The van der Waals surface area contributed by atoms with E-state index in [1.807, 2.05) is 18.2 Å². The lowest BCUT2D eigenvalue weighted by atomic mass is 10.1. The van der Waals surface area contributed by atoms with Gasteiger partial charge in [-0.3, -0.25) is 4.79 Å². The van der Waals surface area contributed by atoms with Crippen LogP contribution in [0, 0.1) is 11.3 Å². The molecule has 0 saturated heterocycles. The first kappa shape index (κ1) is 18.7. The number of rotatable bonds is 6. The van der Waals surface area contributed by atoms with Gasteiger partial charge in [0.15, 0.2) is 0 Å². The zero-order valence-electron chi connectivity index (χ0n) is 14.5. The van der Waals surface area contributed by atoms with Gasteiger partial charge < -0.3 is 10.1 Å². The van der Waals surface area contributed by atoms with E-state index >= 15 is 0 Å². The fraction of sp³-hybridized carbons (Fsp3) is 0.0909. The number of nitrogens with one attached hydrogen (secondary N) is 1. The van der Waals surface area contributed by atoms with Crippen molar-refractivity contribution in [2.45, 2.75) is 6.42 Å². The van der Waals surface area contributed by atoms with Crippen LogP contribution in [0.3, 0.4) is 0 Å². The molecule has 27 heavy (non-hydrogen) atoms. The third-order valence-electron chi connectivity index (χ3n) is 3.98. The van der Waals surface area contributed by atoms with E-state index in [1.165, 1.54) is 5.56 Å². The van der Waals surface area contributed by atoms with Gasteiger partial charge in [-0.1, -0.05) is 42.5 Å². The lowest BCUT2D eigenvalue weighted by Crippen LogP contribution is -2.13. The van der Waals surface area contributed by atoms with E-state index in [0.717, 1.165) is 6.42 Å². The largest absolute Gasteiger partial charge is 0.492 e. The summed E-state index contributed by atoms with van der Waals surface area (Å²) in [5, 5.41) is 11.9. The molecule has 0 aliphatic carbocycles. The van der Waals surface area contributed by atoms with Crippen molar-refractivity contribution < 1.29 is 9.53 Å². The van der Waals surface area contributed by atoms with Gasteiger partial charge in [-0.25, -0.2) is 0 Å². The number of hydrogen-bond donors (Lipinski definition) is 1. The number of carbonyl (C=O) groups excluding carboxylic acids is 1. The summed E-state index contributed by atoms with van der Waals surface area (Å²) < 4.78 is 6.51. The number of benzene rings is 3. The van der Waals surface area contributed by atoms with Crippen LogP contribution in [0.4, 0.5) is 5.69 Å². The van der Waals surface area contributed by atoms with Crippen LogP contribution in [0.1, 0.15) is 21.5 Å². The second-order valence-corrected chi connectivity index (χ2v) is 6.70. The second kappa shape index (κ2) is 9.02. The van der Waals surface area contributed by atoms with Crippen molar-refractivity contribution in [3.8, 4) is 11.8 Å². The minimum atomic E-state index is -0.283. The summed E-state index contributed by atoms with van der Waals surface area (Å²) >= 11 is 3.46. The SMILES string of the molecule is N#Cc1ccccc1NC(=O)c1ccc(OCCc2ccccc2)c(Br)c1. The second-order valence-electron chi connectivity index (χ2n) is 5.84. The molecule has 0 atom stereocenters. The quantitative estimate of drug-likeness (QED) is 0.596. The Morgan fingerprint density at radius 3 is 2.52 bits per heavy atom. The molecule has 4 nitrogen and oxygen atoms in total. The van der Waals surface area contributed by atoms with Gasteiger partial charge in [-0.15, -0.1) is 0 Å². The molecule has 0 fully saturated rings. The summed E-state index contributed by atoms with van der Waals surface area (Å²) in [6, 6.07) is 24.2. The zero-order valence-corrected chi connectivity index (χ0v) is 16.1. The van der Waals surface area contributed by atoms with Gasteiger partial charge in [-0.05, 0) is 51.8 Å². The zero-order chi connectivity index (χ0) is 19.1. The lowest BCUT2D eigenvalue weighted by Gasteiger charge is -2.11. The Labute approximate surface area is 166 Å². The number of halogens is 1. The highest BCUT2D eigenvalue weighted by Gasteiger charge is 2.11. The van der Waals surface area contributed by atoms with E-state index < -0.39 is 0 Å². The third kappa shape index (κ3) is 4.96. The summed E-state index contributed by atoms with van der Waals surface area (Å²) in [6.45, 7) is 0.545. The summed E-state index contributed by atoms with van der Waals surface area (Å²) in [4.78, 5) is 12.5. The monoisotopic (exact) mass is 420 g/mol. The Kier molecular flexibility index (Phi) is 6.24. The van der Waals surface area contributed by atoms with Gasteiger partial charge in [0.1, 0.15) is 11.8 Å². The van der Waals surface area contributed by atoms with Crippen LogP contribution >= 0.6 is 15.9 Å². The number of amides is 1. The first-order chi connectivity index (χ1) is 13.2. The van der Waals surface area contributed by atoms with Crippen LogP contribution in [0.5, 0.6) is 5.75 Å². The van der Waals surface area contributed by atoms with E-state index in [9.17, 15) is 4.79 Å². The molecule has 0 saturated carbocycles. The maximum atomic E-state index is 12.5. The fourth-order valence-corrected chi connectivity index (χ4v) is 3.06. The molecule has 0 aromatic heterocycles. The minimum absolute atomic E-state index is 0.283. The Morgan fingerprint density at radius 1 is 1.04 bits per heavy atom. The molecule has 0 bridgehead atoms. The van der Waals surface area contributed by atoms with E-state index in [4.69, 9.17) is 10.00 Å². The van der Waals surface area contributed by atoms with Crippen molar-refractivity contribution in [2.75, 3.05) is 11.9 Å². The molecule has 3 rings (SSSR count). The predicted molar refractivity (Wildman–Crippen MR) is 109 cm³/mol. The Balaban J connectivity index is 1.63. The van der Waals surface area contributed by atoms with E-state index in [0.29, 0.717) is 33.6 Å². The van der Waals surface area contributed by atoms with Crippen LogP contribution in [0.25, 0.3) is 0 Å². The number of ether oxygens (including phenoxy) is 1. The fourth-order valence-electron chi connectivity index (χ4n) is 2.57. The van der Waals surface area contributed by atoms with Gasteiger partial charge in [0.05, 0.1) is 22.3 Å². The highest BCUT2D eigenvalue weighted by molar-refractivity contribution is 9.10. The number of carbonyl (C=O) groups is 1. The molecule has 1 N–H and O–H groups in total. The maximum Gasteiger partial charge on any atom is 0.255 e. The molecule has 0 radical (unpaired) electrons. The van der Waals surface area contributed by atoms with Gasteiger partial charge >= 0.3 is 0 Å². The van der Waals surface area contributed by atoms with Crippen LogP contribution in [0.2, 0.25) is 0 Å². The average molecular weight is 421 g/mol. The van der Waals surface area contributed by atoms with Gasteiger partial charge in [0.25, 0.3) is 5.91 Å². The summed E-state index contributed by atoms with van der Waals surface area (Å²) in [7, 11) is 0. The smallest absolute Gasteiger partial charge is 0.255 e. The van der Waals surface area contributed by atoms with E-state index in [1.54, 1.807) is 42.5 Å². The highest BCUT2D eigenvalue weighted by Crippen LogP contribution is 2.27. The first-order valence-electron chi connectivity index (χ1n) is 8.44. The van der Waals surface area contributed by atoms with Crippen LogP contribution in [0.15, 0.2) is 77.3 Å². The van der Waals surface area contributed by atoms with Gasteiger partial charge in [0.2, 0.25) is 0 Å². The number of hydrogen-bond acceptors (Lipinski definition) is 3. The normalized spacial score (nSPS) is 10.1. The van der Waals surface area contributed by atoms with Crippen LogP contribution in [-0.2, 0) is 6.42 Å². The number of anilines is 1. The molecule has 0 heterocycles. The van der Waals surface area contributed by atoms with Crippen molar-refractivity contribution in [1.29, 1.82) is 5.26 Å². The Hall–Kier alpha value is -3.10. The molecular formula is C22H17BrN2O2. The van der Waals surface area contributed by atoms with Gasteiger partial charge in [-0.2, -0.15) is 5.26 Å². The van der Waals surface area contributed by atoms with Gasteiger partial charge in [0, 0.05) is 12.0 Å². The predicted octanol–water partition coefficient (Wildman–Crippen LogP) is 5.19. The van der Waals surface area contributed by atoms with Crippen molar-refractivity contribution in [1.82, 2.24) is 0 Å². The summed E-state index contributed by atoms with van der Waals surface area (Å²) in [5.41, 5.74) is 2.60. The van der Waals surface area contributed by atoms with Crippen molar-refractivity contribution >= 4 is 27.5 Å². The first-order valence-corrected chi connectivity index (χ1v) is 9.23. The van der Waals surface area contributed by atoms with Crippen LogP contribution < -0.4 is 10.1 Å². The lowest BCUT2D eigenvalue weighted by molar-refractivity contribution is 0.102. The number of nitriles is 1. The summed E-state index contributed by atoms with van der Waals surface area (Å²) in [6.07, 6.45) is 0.806. The highest BCUT2D eigenvalue weighted by atomic mass is 79.9. The molecule has 5 heteroatoms. The molecule has 134 valence electrons. The molecule has 3 aromatic carbocycles. The molecule has 3 aromatic rings. The summed E-state index contributed by atoms with van der Waals surface area (Å²) in [5.74, 6) is 0.397. The number of nitrogens with zero attached hydrogens (tertiary/aromatic N) is 1. The molecule has 0 aliphatic rings. The molecule has 0 unspecified atom stereocenters. The topological polar surface area (TPSA) is 62.1 Å². The maximum absolute atomic E-state index is 12.5. The minimum Gasteiger partial charge on any atom is -0.492 e. The number of para-hydroxylation sites is 1. The molecule has 0 aliphatic heterocycles. The van der Waals surface area contributed by atoms with Crippen molar-refractivity contribution in [3.63, 3.8) is 0 Å². The molecule has 1 amide bonds. The standard InChI is InChI=1S/C22H17BrN2O2/c23-19-14-17(22(26)25-20-9-5-4-8-18(20)15-24)10-11-21(19)27-13-12-16-6-2-1-3-7-16/h1-11,14H,12-13H2,(H,25,26). The van der Waals surface area contributed by atoms with Crippen molar-refractivity contribution in [2.24, 2.45) is 0 Å². The molecular weight excluding hydrogens is 404 g/mol.